The third-order valence-corrected chi connectivity index (χ3v) is 3.32. The van der Waals surface area contributed by atoms with Crippen molar-refractivity contribution < 1.29 is 9.90 Å². The van der Waals surface area contributed by atoms with E-state index in [0.29, 0.717) is 23.6 Å². The predicted molar refractivity (Wildman–Crippen MR) is 65.6 cm³/mol. The summed E-state index contributed by atoms with van der Waals surface area (Å²) in [6.45, 7) is 3.41. The van der Waals surface area contributed by atoms with Gasteiger partial charge in [0.2, 0.25) is 0 Å². The molecule has 0 aliphatic rings. The van der Waals surface area contributed by atoms with Gasteiger partial charge in [-0.1, -0.05) is 6.07 Å². The number of nitrogens with zero attached hydrogens (tertiary/aromatic N) is 2. The van der Waals surface area contributed by atoms with E-state index in [4.69, 9.17) is 5.11 Å². The fourth-order valence-electron chi connectivity index (χ4n) is 1.74. The second-order valence-corrected chi connectivity index (χ2v) is 4.78. The molecule has 0 aromatic carbocycles. The highest BCUT2D eigenvalue weighted by molar-refractivity contribution is 7.09. The lowest BCUT2D eigenvalue weighted by Gasteiger charge is -2.06. The molecule has 2 heterocycles. The van der Waals surface area contributed by atoms with Crippen molar-refractivity contribution in [3.05, 3.63) is 45.2 Å². The van der Waals surface area contributed by atoms with E-state index in [1.54, 1.807) is 25.2 Å². The highest BCUT2D eigenvalue weighted by atomic mass is 32.1. The predicted octanol–water partition coefficient (Wildman–Crippen LogP) is 2.44. The number of hydrogen-bond donors (Lipinski definition) is 1. The van der Waals surface area contributed by atoms with Gasteiger partial charge in [-0.25, -0.2) is 14.8 Å². The van der Waals surface area contributed by atoms with Crippen LogP contribution >= 0.6 is 11.3 Å². The Morgan fingerprint density at radius 2 is 2.00 bits per heavy atom. The summed E-state index contributed by atoms with van der Waals surface area (Å²) >= 11 is 1.64. The number of aromatic nitrogens is 2. The Morgan fingerprint density at radius 1 is 1.35 bits per heavy atom. The number of aryl methyl sites for hydroxylation is 2. The molecule has 0 saturated heterocycles. The summed E-state index contributed by atoms with van der Waals surface area (Å²) in [6, 6.07) is 4.00. The Bertz CT molecular complexity index is 527. The van der Waals surface area contributed by atoms with Gasteiger partial charge in [0.1, 0.15) is 11.4 Å². The molecule has 88 valence electrons. The van der Waals surface area contributed by atoms with E-state index in [1.165, 1.54) is 4.88 Å². The third kappa shape index (κ3) is 2.50. The van der Waals surface area contributed by atoms with Crippen LogP contribution in [0.4, 0.5) is 0 Å². The first kappa shape index (κ1) is 11.7. The summed E-state index contributed by atoms with van der Waals surface area (Å²) < 4.78 is 0. The third-order valence-electron chi connectivity index (χ3n) is 2.44. The SMILES string of the molecule is Cc1nc(Cc2cccs2)nc(C)c1C(=O)O. The van der Waals surface area contributed by atoms with Gasteiger partial charge in [0.05, 0.1) is 11.4 Å². The van der Waals surface area contributed by atoms with Crippen LogP contribution in [0.25, 0.3) is 0 Å². The molecule has 0 bridgehead atoms. The highest BCUT2D eigenvalue weighted by Crippen LogP contribution is 2.15. The van der Waals surface area contributed by atoms with Crippen molar-refractivity contribution in [3.8, 4) is 0 Å². The Kier molecular flexibility index (Phi) is 3.19. The van der Waals surface area contributed by atoms with Gasteiger partial charge in [0.25, 0.3) is 0 Å². The van der Waals surface area contributed by atoms with Crippen molar-refractivity contribution in [2.45, 2.75) is 20.3 Å². The average Bonchev–Trinajstić information content (AvgIpc) is 2.68. The number of rotatable bonds is 3. The topological polar surface area (TPSA) is 63.1 Å². The normalized spacial score (nSPS) is 10.5. The van der Waals surface area contributed by atoms with Gasteiger partial charge < -0.3 is 5.11 Å². The Hall–Kier alpha value is -1.75. The minimum absolute atomic E-state index is 0.208. The quantitative estimate of drug-likeness (QED) is 0.906. The van der Waals surface area contributed by atoms with Crippen molar-refractivity contribution in [1.29, 1.82) is 0 Å². The number of hydrogen-bond acceptors (Lipinski definition) is 4. The molecule has 0 saturated carbocycles. The Balaban J connectivity index is 2.35. The molecule has 0 spiro atoms. The lowest BCUT2D eigenvalue weighted by molar-refractivity contribution is 0.0694. The summed E-state index contributed by atoms with van der Waals surface area (Å²) in [5.74, 6) is -0.296. The molecule has 17 heavy (non-hydrogen) atoms. The molecule has 5 heteroatoms. The minimum atomic E-state index is -0.970. The van der Waals surface area contributed by atoms with Crippen LogP contribution in [0.1, 0.15) is 32.4 Å². The number of thiophene rings is 1. The summed E-state index contributed by atoms with van der Waals surface area (Å²) in [4.78, 5) is 20.7. The fraction of sp³-hybridized carbons (Fsp3) is 0.250. The van der Waals surface area contributed by atoms with Crippen LogP contribution in [0.3, 0.4) is 0 Å². The maximum Gasteiger partial charge on any atom is 0.339 e. The number of aromatic carboxylic acids is 1. The molecular formula is C12H12N2O2S. The second kappa shape index (κ2) is 4.63. The molecule has 0 aliphatic carbocycles. The van der Waals surface area contributed by atoms with Gasteiger partial charge >= 0.3 is 5.97 Å². The van der Waals surface area contributed by atoms with Crippen LogP contribution in [0.2, 0.25) is 0 Å². The van der Waals surface area contributed by atoms with Crippen molar-refractivity contribution in [1.82, 2.24) is 9.97 Å². The number of carboxylic acids is 1. The van der Waals surface area contributed by atoms with Gasteiger partial charge in [-0.05, 0) is 25.3 Å². The molecule has 0 aliphatic heterocycles. The van der Waals surface area contributed by atoms with Crippen LogP contribution in [-0.4, -0.2) is 21.0 Å². The van der Waals surface area contributed by atoms with Crippen molar-refractivity contribution in [3.63, 3.8) is 0 Å². The first-order chi connectivity index (χ1) is 8.08. The number of carboxylic acid groups (broad SMARTS) is 1. The van der Waals surface area contributed by atoms with Gasteiger partial charge in [0, 0.05) is 11.3 Å². The smallest absolute Gasteiger partial charge is 0.339 e. The van der Waals surface area contributed by atoms with Crippen LogP contribution in [0.15, 0.2) is 17.5 Å². The van der Waals surface area contributed by atoms with E-state index < -0.39 is 5.97 Å². The van der Waals surface area contributed by atoms with E-state index in [2.05, 4.69) is 9.97 Å². The Morgan fingerprint density at radius 3 is 2.47 bits per heavy atom. The minimum Gasteiger partial charge on any atom is -0.478 e. The van der Waals surface area contributed by atoms with E-state index in [0.717, 1.165) is 0 Å². The molecule has 2 rings (SSSR count). The van der Waals surface area contributed by atoms with Crippen LogP contribution in [-0.2, 0) is 6.42 Å². The van der Waals surface area contributed by atoms with Crippen molar-refractivity contribution in [2.24, 2.45) is 0 Å². The van der Waals surface area contributed by atoms with Gasteiger partial charge in [0.15, 0.2) is 0 Å². The van der Waals surface area contributed by atoms with Crippen molar-refractivity contribution >= 4 is 17.3 Å². The summed E-state index contributed by atoms with van der Waals surface area (Å²) in [5, 5.41) is 11.0. The molecule has 0 radical (unpaired) electrons. The molecule has 4 nitrogen and oxygen atoms in total. The molecule has 2 aromatic heterocycles. The maximum atomic E-state index is 11.0. The summed E-state index contributed by atoms with van der Waals surface area (Å²) in [7, 11) is 0. The van der Waals surface area contributed by atoms with E-state index in [1.807, 2.05) is 17.5 Å². The molecular weight excluding hydrogens is 236 g/mol. The zero-order valence-corrected chi connectivity index (χ0v) is 10.4. The highest BCUT2D eigenvalue weighted by Gasteiger charge is 2.14. The van der Waals surface area contributed by atoms with Gasteiger partial charge in [-0.3, -0.25) is 0 Å². The molecule has 0 atom stereocenters. The van der Waals surface area contributed by atoms with E-state index in [9.17, 15) is 4.79 Å². The van der Waals surface area contributed by atoms with Gasteiger partial charge in [-0.15, -0.1) is 11.3 Å². The number of carbonyl (C=O) groups is 1. The first-order valence-electron chi connectivity index (χ1n) is 5.17. The average molecular weight is 248 g/mol. The zero-order valence-electron chi connectivity index (χ0n) is 9.60. The van der Waals surface area contributed by atoms with Crippen LogP contribution < -0.4 is 0 Å². The van der Waals surface area contributed by atoms with Gasteiger partial charge in [-0.2, -0.15) is 0 Å². The lowest BCUT2D eigenvalue weighted by atomic mass is 10.1. The monoisotopic (exact) mass is 248 g/mol. The molecule has 0 fully saturated rings. The summed E-state index contributed by atoms with van der Waals surface area (Å²) in [5.41, 5.74) is 1.26. The Labute approximate surface area is 103 Å². The zero-order chi connectivity index (χ0) is 12.4. The van der Waals surface area contributed by atoms with E-state index >= 15 is 0 Å². The standard InChI is InChI=1S/C12H12N2O2S/c1-7-11(12(15)16)8(2)14-10(13-7)6-9-4-3-5-17-9/h3-5H,6H2,1-2H3,(H,15,16). The second-order valence-electron chi connectivity index (χ2n) is 3.75. The van der Waals surface area contributed by atoms with Crippen molar-refractivity contribution in [2.75, 3.05) is 0 Å². The lowest BCUT2D eigenvalue weighted by Crippen LogP contribution is -2.10. The first-order valence-corrected chi connectivity index (χ1v) is 6.05. The molecule has 0 amide bonds. The molecule has 0 unspecified atom stereocenters. The fourth-order valence-corrected chi connectivity index (χ4v) is 2.44. The molecule has 2 aromatic rings. The van der Waals surface area contributed by atoms with Crippen LogP contribution in [0, 0.1) is 13.8 Å². The maximum absolute atomic E-state index is 11.0. The largest absolute Gasteiger partial charge is 0.478 e. The molecule has 1 N–H and O–H groups in total. The summed E-state index contributed by atoms with van der Waals surface area (Å²) in [6.07, 6.45) is 0.652. The van der Waals surface area contributed by atoms with E-state index in [-0.39, 0.29) is 5.56 Å². The van der Waals surface area contributed by atoms with Crippen LogP contribution in [0.5, 0.6) is 0 Å².